The van der Waals surface area contributed by atoms with Gasteiger partial charge in [0.05, 0.1) is 15.7 Å². The molecule has 4 nitrogen and oxygen atoms in total. The van der Waals surface area contributed by atoms with E-state index in [0.29, 0.717) is 22.2 Å². The third kappa shape index (κ3) is 17.2. The average Bonchev–Trinajstić information content (AvgIpc) is 2.83. The van der Waals surface area contributed by atoms with Crippen LogP contribution in [0.4, 0.5) is 5.69 Å². The molecule has 0 aliphatic rings. The highest BCUT2D eigenvalue weighted by Gasteiger charge is 2.34. The minimum Gasteiger partial charge on any atom is -0.339 e. The second-order valence-corrected chi connectivity index (χ2v) is 13.0. The van der Waals surface area contributed by atoms with Gasteiger partial charge in [0.15, 0.2) is 5.11 Å². The lowest BCUT2D eigenvalue weighted by atomic mass is 10.0. The van der Waals surface area contributed by atoms with Crippen LogP contribution in [0.1, 0.15) is 110 Å². The normalized spacial score (nSPS) is 12.3. The summed E-state index contributed by atoms with van der Waals surface area (Å²) in [4.78, 5) is 12.4. The summed E-state index contributed by atoms with van der Waals surface area (Å²) in [6.07, 6.45) is 18.4. The maximum atomic E-state index is 12.4. The van der Waals surface area contributed by atoms with Gasteiger partial charge in [-0.1, -0.05) is 161 Å². The number of amides is 1. The summed E-state index contributed by atoms with van der Waals surface area (Å²) < 4.78 is -1.82. The Morgan fingerprint density at radius 3 is 1.65 bits per heavy atom. The van der Waals surface area contributed by atoms with Crippen molar-refractivity contribution < 1.29 is 4.79 Å². The van der Waals surface area contributed by atoms with Crippen LogP contribution >= 0.6 is 70.2 Å². The summed E-state index contributed by atoms with van der Waals surface area (Å²) in [6.45, 7) is 2.26. The molecule has 0 spiro atoms. The zero-order valence-corrected chi connectivity index (χ0v) is 26.4. The Bertz CT molecular complexity index is 772. The van der Waals surface area contributed by atoms with Gasteiger partial charge in [-0.15, -0.1) is 0 Å². The van der Waals surface area contributed by atoms with E-state index in [2.05, 4.69) is 22.9 Å². The second kappa shape index (κ2) is 20.7. The van der Waals surface area contributed by atoms with Gasteiger partial charge in [-0.25, -0.2) is 0 Å². The Balaban J connectivity index is 2.17. The van der Waals surface area contributed by atoms with Crippen molar-refractivity contribution in [3.8, 4) is 0 Å². The highest BCUT2D eigenvalue weighted by molar-refractivity contribution is 7.80. The van der Waals surface area contributed by atoms with Gasteiger partial charge in [0.1, 0.15) is 6.17 Å². The first kappa shape index (κ1) is 34.9. The smallest absolute Gasteiger partial charge is 0.228 e. The monoisotopic (exact) mass is 631 g/mol. The van der Waals surface area contributed by atoms with Crippen LogP contribution in [-0.4, -0.2) is 21.0 Å². The lowest BCUT2D eigenvalue weighted by Gasteiger charge is -2.28. The first-order chi connectivity index (χ1) is 17.6. The molecular formula is C27H42Cl5N3OS. The number of nitrogens with one attached hydrogen (secondary N) is 3. The molecule has 0 bridgehead atoms. The van der Waals surface area contributed by atoms with E-state index in [-0.39, 0.29) is 11.0 Å². The number of unbranched alkanes of at least 4 members (excludes halogenated alkanes) is 14. The van der Waals surface area contributed by atoms with Crippen LogP contribution in [0, 0.1) is 0 Å². The second-order valence-electron chi connectivity index (χ2n) is 9.44. The molecule has 3 N–H and O–H groups in total. The van der Waals surface area contributed by atoms with E-state index in [0.717, 1.165) is 19.3 Å². The van der Waals surface area contributed by atoms with Gasteiger partial charge in [-0.2, -0.15) is 0 Å². The van der Waals surface area contributed by atoms with Crippen LogP contribution in [0.2, 0.25) is 10.0 Å². The molecule has 1 rings (SSSR count). The summed E-state index contributed by atoms with van der Waals surface area (Å²) in [6, 6.07) is 5.06. The van der Waals surface area contributed by atoms with Crippen molar-refractivity contribution in [2.75, 3.05) is 5.32 Å². The fourth-order valence-corrected chi connectivity index (χ4v) is 5.03. The Hall–Kier alpha value is -0.170. The fourth-order valence-electron chi connectivity index (χ4n) is 3.99. The number of hydrogen-bond acceptors (Lipinski definition) is 2. The molecule has 0 aliphatic heterocycles. The number of hydrogen-bond donors (Lipinski definition) is 3. The summed E-state index contributed by atoms with van der Waals surface area (Å²) in [5.41, 5.74) is 0.426. The van der Waals surface area contributed by atoms with Gasteiger partial charge in [0.2, 0.25) is 9.70 Å². The minimum absolute atomic E-state index is 0.110. The van der Waals surface area contributed by atoms with Crippen molar-refractivity contribution in [1.82, 2.24) is 10.6 Å². The van der Waals surface area contributed by atoms with E-state index < -0.39 is 9.96 Å². The number of alkyl halides is 3. The Morgan fingerprint density at radius 2 is 1.22 bits per heavy atom. The molecule has 0 saturated carbocycles. The quantitative estimate of drug-likeness (QED) is 0.0614. The van der Waals surface area contributed by atoms with Crippen molar-refractivity contribution in [3.63, 3.8) is 0 Å². The van der Waals surface area contributed by atoms with Crippen molar-refractivity contribution >= 4 is 86.9 Å². The van der Waals surface area contributed by atoms with Crippen molar-refractivity contribution in [2.24, 2.45) is 0 Å². The highest BCUT2D eigenvalue weighted by atomic mass is 35.6. The molecule has 1 amide bonds. The molecule has 1 aromatic rings. The Morgan fingerprint density at radius 1 is 0.784 bits per heavy atom. The predicted molar refractivity (Wildman–Crippen MR) is 168 cm³/mol. The lowest BCUT2D eigenvalue weighted by molar-refractivity contribution is -0.122. The fraction of sp³-hybridized carbons (Fsp3) is 0.704. The van der Waals surface area contributed by atoms with Crippen molar-refractivity contribution in [3.05, 3.63) is 28.2 Å². The molecule has 0 unspecified atom stereocenters. The Kier molecular flexibility index (Phi) is 19.5. The van der Waals surface area contributed by atoms with Crippen molar-refractivity contribution in [1.29, 1.82) is 0 Å². The molecule has 0 radical (unpaired) electrons. The molecule has 1 atom stereocenters. The third-order valence-corrected chi connectivity index (χ3v) is 7.62. The SMILES string of the molecule is CCCCCCCCCCCCCCCCCC(=O)N[C@@H](NC(=S)Nc1c(Cl)cccc1Cl)C(Cl)(Cl)Cl. The Labute approximate surface area is 254 Å². The van der Waals surface area contributed by atoms with Crippen LogP contribution in [0.15, 0.2) is 18.2 Å². The predicted octanol–water partition coefficient (Wildman–Crippen LogP) is 10.4. The number of rotatable bonds is 19. The molecule has 212 valence electrons. The molecule has 10 heteroatoms. The summed E-state index contributed by atoms with van der Waals surface area (Å²) >= 11 is 35.8. The molecular weight excluding hydrogens is 592 g/mol. The van der Waals surface area contributed by atoms with Gasteiger partial charge >= 0.3 is 0 Å². The molecule has 0 saturated heterocycles. The van der Waals surface area contributed by atoms with E-state index in [4.69, 9.17) is 70.2 Å². The number of thiocarbonyl (C=S) groups is 1. The van der Waals surface area contributed by atoms with Gasteiger partial charge in [-0.3, -0.25) is 4.79 Å². The zero-order valence-electron chi connectivity index (χ0n) is 21.8. The topological polar surface area (TPSA) is 53.2 Å². The minimum atomic E-state index is -1.82. The van der Waals surface area contributed by atoms with E-state index in [1.807, 2.05) is 0 Å². The molecule has 0 aromatic heterocycles. The first-order valence-corrected chi connectivity index (χ1v) is 15.8. The van der Waals surface area contributed by atoms with Crippen LogP contribution in [-0.2, 0) is 4.79 Å². The molecule has 1 aromatic carbocycles. The maximum Gasteiger partial charge on any atom is 0.228 e. The van der Waals surface area contributed by atoms with Gasteiger partial charge in [0, 0.05) is 6.42 Å². The van der Waals surface area contributed by atoms with E-state index in [1.54, 1.807) is 18.2 Å². The summed E-state index contributed by atoms with van der Waals surface area (Å²) in [5.74, 6) is -0.211. The first-order valence-electron chi connectivity index (χ1n) is 13.5. The number of anilines is 1. The van der Waals surface area contributed by atoms with Crippen LogP contribution < -0.4 is 16.0 Å². The summed E-state index contributed by atoms with van der Waals surface area (Å²) in [5, 5.41) is 9.30. The highest BCUT2D eigenvalue weighted by Crippen LogP contribution is 2.31. The van der Waals surface area contributed by atoms with Gasteiger partial charge in [-0.05, 0) is 30.8 Å². The van der Waals surface area contributed by atoms with Gasteiger partial charge in [0.25, 0.3) is 0 Å². The zero-order chi connectivity index (χ0) is 27.5. The van der Waals surface area contributed by atoms with Crippen LogP contribution in [0.5, 0.6) is 0 Å². The number of halogens is 5. The summed E-state index contributed by atoms with van der Waals surface area (Å²) in [7, 11) is 0. The standard InChI is InChI=1S/C27H42Cl5N3OS/c1-2-3-4-5-6-7-8-9-10-11-12-13-14-15-16-20-23(36)33-25(27(30,31)32)35-26(37)34-24-21(28)18-17-19-22(24)29/h17-19,25H,2-16,20H2,1H3,(H,33,36)(H2,34,35,37)/t25-/m0/s1. The molecule has 37 heavy (non-hydrogen) atoms. The number of para-hydroxylation sites is 1. The van der Waals surface area contributed by atoms with Gasteiger partial charge < -0.3 is 16.0 Å². The number of carbonyl (C=O) groups is 1. The average molecular weight is 634 g/mol. The molecule has 0 fully saturated rings. The third-order valence-electron chi connectivity index (χ3n) is 6.12. The van der Waals surface area contributed by atoms with Crippen molar-refractivity contribution in [2.45, 2.75) is 120 Å². The maximum absolute atomic E-state index is 12.4. The molecule has 0 heterocycles. The number of carbonyl (C=O) groups excluding carboxylic acids is 1. The van der Waals surface area contributed by atoms with E-state index in [9.17, 15) is 4.79 Å². The number of benzene rings is 1. The van der Waals surface area contributed by atoms with E-state index >= 15 is 0 Å². The van der Waals surface area contributed by atoms with Crippen LogP contribution in [0.3, 0.4) is 0 Å². The lowest BCUT2D eigenvalue weighted by Crippen LogP contribution is -2.56. The largest absolute Gasteiger partial charge is 0.339 e. The molecule has 0 aliphatic carbocycles. The van der Waals surface area contributed by atoms with Crippen LogP contribution in [0.25, 0.3) is 0 Å². The van der Waals surface area contributed by atoms with E-state index in [1.165, 1.54) is 77.0 Å².